The van der Waals surface area contributed by atoms with Gasteiger partial charge in [-0.05, 0) is 36.6 Å². The Morgan fingerprint density at radius 1 is 1.30 bits per heavy atom. The van der Waals surface area contributed by atoms with Gasteiger partial charge in [-0.25, -0.2) is 0 Å². The predicted molar refractivity (Wildman–Crippen MR) is 103 cm³/mol. The third kappa shape index (κ3) is 4.62. The van der Waals surface area contributed by atoms with E-state index in [4.69, 9.17) is 9.47 Å². The maximum absolute atomic E-state index is 12.4. The summed E-state index contributed by atoms with van der Waals surface area (Å²) in [5.41, 5.74) is 2.93. The first-order chi connectivity index (χ1) is 13.0. The SMILES string of the molecule is COc1ccc(CC(=O)NC(C[C@@H]2COc3c(C)cccc32)B(O)O)cc1. The molecular formula is C20H24BNO5. The minimum atomic E-state index is -1.64. The molecule has 6 nitrogen and oxygen atoms in total. The lowest BCUT2D eigenvalue weighted by molar-refractivity contribution is -0.120. The third-order valence-corrected chi connectivity index (χ3v) is 4.88. The van der Waals surface area contributed by atoms with Crippen LogP contribution in [0.4, 0.5) is 0 Å². The van der Waals surface area contributed by atoms with Gasteiger partial charge in [0.1, 0.15) is 11.5 Å². The Balaban J connectivity index is 1.63. The van der Waals surface area contributed by atoms with Gasteiger partial charge in [-0.3, -0.25) is 4.79 Å². The lowest BCUT2D eigenvalue weighted by atomic mass is 9.73. The van der Waals surface area contributed by atoms with Crippen LogP contribution in [0.25, 0.3) is 0 Å². The normalized spacial score (nSPS) is 16.2. The number of carbonyl (C=O) groups excluding carboxylic acids is 1. The third-order valence-electron chi connectivity index (χ3n) is 4.88. The van der Waals surface area contributed by atoms with Gasteiger partial charge in [-0.1, -0.05) is 30.3 Å². The van der Waals surface area contributed by atoms with Gasteiger partial charge in [0.25, 0.3) is 0 Å². The summed E-state index contributed by atoms with van der Waals surface area (Å²) in [6, 6.07) is 13.1. The van der Waals surface area contributed by atoms with Crippen molar-refractivity contribution in [3.8, 4) is 11.5 Å². The van der Waals surface area contributed by atoms with Gasteiger partial charge in [0.05, 0.1) is 26.1 Å². The zero-order chi connectivity index (χ0) is 19.4. The quantitative estimate of drug-likeness (QED) is 0.646. The standard InChI is InChI=1S/C20H24BNO5/c1-13-4-3-5-17-15(12-27-20(13)17)11-18(21(24)25)22-19(23)10-14-6-8-16(26-2)9-7-14/h3-9,15,18,24-25H,10-12H2,1-2H3,(H,22,23)/t15-,18?/m1/s1. The van der Waals surface area contributed by atoms with Crippen LogP contribution in [0.1, 0.15) is 29.0 Å². The van der Waals surface area contributed by atoms with E-state index in [2.05, 4.69) is 5.32 Å². The second-order valence-electron chi connectivity index (χ2n) is 6.85. The Morgan fingerprint density at radius 3 is 2.70 bits per heavy atom. The molecule has 27 heavy (non-hydrogen) atoms. The highest BCUT2D eigenvalue weighted by molar-refractivity contribution is 6.43. The highest BCUT2D eigenvalue weighted by Gasteiger charge is 2.33. The van der Waals surface area contributed by atoms with E-state index < -0.39 is 13.1 Å². The molecule has 0 aliphatic carbocycles. The van der Waals surface area contributed by atoms with Crippen LogP contribution in [-0.4, -0.2) is 42.7 Å². The second kappa shape index (κ2) is 8.46. The first-order valence-electron chi connectivity index (χ1n) is 8.98. The topological polar surface area (TPSA) is 88.0 Å². The van der Waals surface area contributed by atoms with Crippen molar-refractivity contribution in [2.45, 2.75) is 31.6 Å². The maximum atomic E-state index is 12.4. The molecule has 1 heterocycles. The molecule has 1 aliphatic heterocycles. The van der Waals surface area contributed by atoms with E-state index in [0.717, 1.165) is 28.2 Å². The van der Waals surface area contributed by atoms with Crippen molar-refractivity contribution in [1.29, 1.82) is 0 Å². The van der Waals surface area contributed by atoms with E-state index in [9.17, 15) is 14.8 Å². The minimum absolute atomic E-state index is 0.00739. The van der Waals surface area contributed by atoms with Gasteiger partial charge in [0.15, 0.2) is 0 Å². The number of methoxy groups -OCH3 is 1. The summed E-state index contributed by atoms with van der Waals surface area (Å²) in [5, 5.41) is 22.2. The monoisotopic (exact) mass is 369 g/mol. The number of amides is 1. The zero-order valence-electron chi connectivity index (χ0n) is 15.5. The number of benzene rings is 2. The highest BCUT2D eigenvalue weighted by Crippen LogP contribution is 2.38. The lowest BCUT2D eigenvalue weighted by Gasteiger charge is -2.21. The summed E-state index contributed by atoms with van der Waals surface area (Å²) in [6.45, 7) is 2.45. The molecule has 3 rings (SSSR count). The highest BCUT2D eigenvalue weighted by atomic mass is 16.5. The molecule has 0 spiro atoms. The van der Waals surface area contributed by atoms with Crippen LogP contribution in [0.3, 0.4) is 0 Å². The van der Waals surface area contributed by atoms with Crippen LogP contribution in [0, 0.1) is 6.92 Å². The Kier molecular flexibility index (Phi) is 6.03. The van der Waals surface area contributed by atoms with E-state index >= 15 is 0 Å². The van der Waals surface area contributed by atoms with Crippen LogP contribution in [0.5, 0.6) is 11.5 Å². The first kappa shape index (κ1) is 19.3. The second-order valence-corrected chi connectivity index (χ2v) is 6.85. The van der Waals surface area contributed by atoms with Gasteiger partial charge in [0.2, 0.25) is 5.91 Å². The van der Waals surface area contributed by atoms with E-state index in [0.29, 0.717) is 13.0 Å². The fourth-order valence-corrected chi connectivity index (χ4v) is 3.41. The molecule has 0 bridgehead atoms. The average molecular weight is 369 g/mol. The van der Waals surface area contributed by atoms with Crippen molar-refractivity contribution in [2.75, 3.05) is 13.7 Å². The summed E-state index contributed by atoms with van der Waals surface area (Å²) < 4.78 is 10.9. The molecule has 142 valence electrons. The number of hydrogen-bond donors (Lipinski definition) is 3. The summed E-state index contributed by atoms with van der Waals surface area (Å²) >= 11 is 0. The molecule has 2 aromatic rings. The number of para-hydroxylation sites is 1. The van der Waals surface area contributed by atoms with E-state index in [1.54, 1.807) is 19.2 Å². The van der Waals surface area contributed by atoms with E-state index in [-0.39, 0.29) is 18.2 Å². The van der Waals surface area contributed by atoms with Gasteiger partial charge >= 0.3 is 7.12 Å². The van der Waals surface area contributed by atoms with Crippen molar-refractivity contribution in [2.24, 2.45) is 0 Å². The number of hydrogen-bond acceptors (Lipinski definition) is 5. The molecule has 0 radical (unpaired) electrons. The average Bonchev–Trinajstić information content (AvgIpc) is 3.06. The van der Waals surface area contributed by atoms with Crippen LogP contribution in [0.15, 0.2) is 42.5 Å². The predicted octanol–water partition coefficient (Wildman–Crippen LogP) is 1.61. The minimum Gasteiger partial charge on any atom is -0.497 e. The van der Waals surface area contributed by atoms with Crippen molar-refractivity contribution >= 4 is 13.0 Å². The van der Waals surface area contributed by atoms with Gasteiger partial charge in [0, 0.05) is 11.5 Å². The van der Waals surface area contributed by atoms with E-state index in [1.165, 1.54) is 0 Å². The fourth-order valence-electron chi connectivity index (χ4n) is 3.41. The molecule has 3 N–H and O–H groups in total. The van der Waals surface area contributed by atoms with Crippen LogP contribution in [0.2, 0.25) is 0 Å². The van der Waals surface area contributed by atoms with Crippen molar-refractivity contribution in [1.82, 2.24) is 5.32 Å². The molecule has 1 amide bonds. The Bertz CT molecular complexity index is 793. The largest absolute Gasteiger partial charge is 0.497 e. The molecule has 2 atom stereocenters. The molecular weight excluding hydrogens is 345 g/mol. The molecule has 7 heteroatoms. The number of ether oxygens (including phenoxy) is 2. The van der Waals surface area contributed by atoms with Crippen LogP contribution < -0.4 is 14.8 Å². The number of rotatable bonds is 7. The number of carbonyl (C=O) groups is 1. The van der Waals surface area contributed by atoms with Gasteiger partial charge in [-0.2, -0.15) is 0 Å². The van der Waals surface area contributed by atoms with E-state index in [1.807, 2.05) is 37.3 Å². The van der Waals surface area contributed by atoms with Gasteiger partial charge in [-0.15, -0.1) is 0 Å². The summed E-state index contributed by atoms with van der Waals surface area (Å²) in [7, 11) is -0.0555. The number of aryl methyl sites for hydroxylation is 1. The molecule has 0 saturated carbocycles. The van der Waals surface area contributed by atoms with Crippen LogP contribution >= 0.6 is 0 Å². The molecule has 2 aromatic carbocycles. The molecule has 0 fully saturated rings. The molecule has 1 unspecified atom stereocenters. The van der Waals surface area contributed by atoms with Crippen molar-refractivity contribution in [3.63, 3.8) is 0 Å². The van der Waals surface area contributed by atoms with Crippen molar-refractivity contribution in [3.05, 3.63) is 59.2 Å². The summed E-state index contributed by atoms with van der Waals surface area (Å²) in [5.74, 6) is 0.557. The zero-order valence-corrected chi connectivity index (χ0v) is 15.5. The van der Waals surface area contributed by atoms with Crippen LogP contribution in [-0.2, 0) is 11.2 Å². The number of nitrogens with one attached hydrogen (secondary N) is 1. The Labute approximate surface area is 159 Å². The Hall–Kier alpha value is -2.51. The summed E-state index contributed by atoms with van der Waals surface area (Å²) in [4.78, 5) is 12.4. The first-order valence-corrected chi connectivity index (χ1v) is 8.98. The lowest BCUT2D eigenvalue weighted by Crippen LogP contribution is -2.47. The molecule has 0 aromatic heterocycles. The Morgan fingerprint density at radius 2 is 2.04 bits per heavy atom. The van der Waals surface area contributed by atoms with Gasteiger partial charge < -0.3 is 24.8 Å². The summed E-state index contributed by atoms with van der Waals surface area (Å²) in [6.07, 6.45) is 0.548. The molecule has 1 aliphatic rings. The number of fused-ring (bicyclic) bond motifs is 1. The fraction of sp³-hybridized carbons (Fsp3) is 0.350. The molecule has 0 saturated heterocycles. The smallest absolute Gasteiger partial charge is 0.475 e. The van der Waals surface area contributed by atoms with Crippen molar-refractivity contribution < 1.29 is 24.3 Å². The maximum Gasteiger partial charge on any atom is 0.475 e.